The molecule has 0 fully saturated rings. The van der Waals surface area contributed by atoms with Gasteiger partial charge in [-0.2, -0.15) is 15.0 Å². The zero-order valence-electron chi connectivity index (χ0n) is 8.49. The van der Waals surface area contributed by atoms with E-state index in [1.54, 1.807) is 0 Å². The maximum absolute atomic E-state index is 5.78. The van der Waals surface area contributed by atoms with Gasteiger partial charge in [-0.3, -0.25) is 0 Å². The maximum Gasteiger partial charge on any atom is 0.230 e. The van der Waals surface area contributed by atoms with E-state index in [4.69, 9.17) is 11.6 Å². The first-order chi connectivity index (χ1) is 6.71. The molecule has 0 saturated heterocycles. The van der Waals surface area contributed by atoms with Gasteiger partial charge in [0.2, 0.25) is 11.2 Å². The molecule has 78 valence electrons. The monoisotopic (exact) mass is 232 g/mol. The summed E-state index contributed by atoms with van der Waals surface area (Å²) in [7, 11) is 0. The Morgan fingerprint density at radius 3 is 2.36 bits per heavy atom. The molecule has 0 aliphatic carbocycles. The van der Waals surface area contributed by atoms with E-state index in [0.29, 0.717) is 11.1 Å². The van der Waals surface area contributed by atoms with Crippen molar-refractivity contribution in [2.75, 3.05) is 24.2 Å². The third kappa shape index (κ3) is 2.72. The Balaban J connectivity index is 3.01. The lowest BCUT2D eigenvalue weighted by molar-refractivity contribution is 0.782. The Morgan fingerprint density at radius 1 is 1.21 bits per heavy atom. The van der Waals surface area contributed by atoms with Crippen LogP contribution in [0.25, 0.3) is 0 Å². The Hall–Kier alpha value is -0.550. The Kier molecular flexibility index (Phi) is 4.41. The summed E-state index contributed by atoms with van der Waals surface area (Å²) in [5.74, 6) is 0.652. The molecule has 4 nitrogen and oxygen atoms in total. The average Bonchev–Trinajstić information content (AvgIpc) is 2.19. The van der Waals surface area contributed by atoms with Crippen LogP contribution in [0.3, 0.4) is 0 Å². The van der Waals surface area contributed by atoms with Crippen molar-refractivity contribution >= 4 is 29.3 Å². The van der Waals surface area contributed by atoms with Gasteiger partial charge in [0, 0.05) is 13.1 Å². The zero-order chi connectivity index (χ0) is 10.6. The van der Waals surface area contributed by atoms with E-state index in [9.17, 15) is 0 Å². The van der Waals surface area contributed by atoms with E-state index in [1.165, 1.54) is 11.8 Å². The third-order valence-electron chi connectivity index (χ3n) is 1.80. The van der Waals surface area contributed by atoms with Crippen LogP contribution in [-0.4, -0.2) is 34.3 Å². The van der Waals surface area contributed by atoms with Gasteiger partial charge in [-0.1, -0.05) is 11.8 Å². The van der Waals surface area contributed by atoms with Crippen molar-refractivity contribution < 1.29 is 0 Å². The minimum absolute atomic E-state index is 0.256. The highest BCUT2D eigenvalue weighted by Crippen LogP contribution is 2.16. The molecule has 1 aromatic heterocycles. The summed E-state index contributed by atoms with van der Waals surface area (Å²) in [4.78, 5) is 14.4. The molecule has 0 aliphatic heterocycles. The van der Waals surface area contributed by atoms with E-state index >= 15 is 0 Å². The van der Waals surface area contributed by atoms with Gasteiger partial charge >= 0.3 is 0 Å². The van der Waals surface area contributed by atoms with Crippen LogP contribution in [0.5, 0.6) is 0 Å². The van der Waals surface area contributed by atoms with Gasteiger partial charge in [0.25, 0.3) is 0 Å². The first-order valence-electron chi connectivity index (χ1n) is 4.41. The summed E-state index contributed by atoms with van der Waals surface area (Å²) in [6.07, 6.45) is 1.91. The average molecular weight is 233 g/mol. The second kappa shape index (κ2) is 5.36. The van der Waals surface area contributed by atoms with Gasteiger partial charge in [-0.15, -0.1) is 0 Å². The highest BCUT2D eigenvalue weighted by molar-refractivity contribution is 7.98. The fraction of sp³-hybridized carbons (Fsp3) is 0.625. The SMILES string of the molecule is CCN(CC)c1nc(Cl)nc(SC)n1. The number of thioether (sulfide) groups is 1. The molecule has 0 unspecified atom stereocenters. The van der Waals surface area contributed by atoms with Crippen LogP contribution >= 0.6 is 23.4 Å². The predicted octanol–water partition coefficient (Wildman–Crippen LogP) is 2.09. The van der Waals surface area contributed by atoms with Crippen molar-refractivity contribution in [3.05, 3.63) is 5.28 Å². The van der Waals surface area contributed by atoms with Crippen LogP contribution < -0.4 is 4.90 Å². The number of rotatable bonds is 4. The van der Waals surface area contributed by atoms with Gasteiger partial charge in [0.15, 0.2) is 5.16 Å². The minimum Gasteiger partial charge on any atom is -0.341 e. The summed E-state index contributed by atoms with van der Waals surface area (Å²) in [5, 5.41) is 0.915. The zero-order valence-corrected chi connectivity index (χ0v) is 10.1. The van der Waals surface area contributed by atoms with Gasteiger partial charge in [0.05, 0.1) is 0 Å². The largest absolute Gasteiger partial charge is 0.341 e. The highest BCUT2D eigenvalue weighted by Gasteiger charge is 2.08. The molecular weight excluding hydrogens is 220 g/mol. The Morgan fingerprint density at radius 2 is 1.86 bits per heavy atom. The molecule has 14 heavy (non-hydrogen) atoms. The molecule has 6 heteroatoms. The van der Waals surface area contributed by atoms with Crippen LogP contribution in [0.15, 0.2) is 5.16 Å². The number of nitrogens with zero attached hydrogens (tertiary/aromatic N) is 4. The van der Waals surface area contributed by atoms with Crippen molar-refractivity contribution in [2.24, 2.45) is 0 Å². The van der Waals surface area contributed by atoms with Crippen molar-refractivity contribution in [2.45, 2.75) is 19.0 Å². The number of hydrogen-bond donors (Lipinski definition) is 0. The van der Waals surface area contributed by atoms with Crippen LogP contribution in [0.1, 0.15) is 13.8 Å². The Labute approximate surface area is 93.1 Å². The normalized spacial score (nSPS) is 10.3. The molecule has 0 saturated carbocycles. The lowest BCUT2D eigenvalue weighted by Crippen LogP contribution is -2.24. The van der Waals surface area contributed by atoms with Crippen LogP contribution in [0.2, 0.25) is 5.28 Å². The summed E-state index contributed by atoms with van der Waals surface area (Å²) in [6.45, 7) is 5.84. The maximum atomic E-state index is 5.78. The third-order valence-corrected chi connectivity index (χ3v) is 2.52. The van der Waals surface area contributed by atoms with E-state index in [2.05, 4.69) is 28.8 Å². The highest BCUT2D eigenvalue weighted by atomic mass is 35.5. The molecule has 0 aromatic carbocycles. The smallest absolute Gasteiger partial charge is 0.230 e. The molecule has 1 aromatic rings. The van der Waals surface area contributed by atoms with Crippen LogP contribution in [0, 0.1) is 0 Å². The van der Waals surface area contributed by atoms with Crippen molar-refractivity contribution in [3.63, 3.8) is 0 Å². The number of aromatic nitrogens is 3. The molecule has 1 rings (SSSR count). The van der Waals surface area contributed by atoms with Crippen molar-refractivity contribution in [3.8, 4) is 0 Å². The van der Waals surface area contributed by atoms with Crippen LogP contribution in [-0.2, 0) is 0 Å². The summed E-state index contributed by atoms with van der Waals surface area (Å²) in [6, 6.07) is 0. The lowest BCUT2D eigenvalue weighted by Gasteiger charge is -2.18. The first-order valence-corrected chi connectivity index (χ1v) is 6.02. The van der Waals surface area contributed by atoms with E-state index in [1.807, 2.05) is 11.2 Å². The molecule has 0 bridgehead atoms. The van der Waals surface area contributed by atoms with Crippen molar-refractivity contribution in [1.82, 2.24) is 15.0 Å². The number of anilines is 1. The topological polar surface area (TPSA) is 41.9 Å². The van der Waals surface area contributed by atoms with E-state index in [-0.39, 0.29) is 5.28 Å². The number of hydrogen-bond acceptors (Lipinski definition) is 5. The quantitative estimate of drug-likeness (QED) is 0.744. The second-order valence-corrected chi connectivity index (χ2v) is 3.67. The van der Waals surface area contributed by atoms with Gasteiger partial charge < -0.3 is 4.90 Å². The molecule has 0 atom stereocenters. The second-order valence-electron chi connectivity index (χ2n) is 2.56. The molecule has 0 aliphatic rings. The van der Waals surface area contributed by atoms with Gasteiger partial charge in [0.1, 0.15) is 0 Å². The minimum atomic E-state index is 0.256. The Bertz CT molecular complexity index is 303. The molecular formula is C8H13ClN4S. The lowest BCUT2D eigenvalue weighted by atomic mass is 10.5. The molecule has 0 radical (unpaired) electrons. The first kappa shape index (κ1) is 11.5. The van der Waals surface area contributed by atoms with Gasteiger partial charge in [-0.25, -0.2) is 0 Å². The van der Waals surface area contributed by atoms with E-state index < -0.39 is 0 Å². The molecule has 0 N–H and O–H groups in total. The molecule has 1 heterocycles. The molecule has 0 amide bonds. The summed E-state index contributed by atoms with van der Waals surface area (Å²) in [5.41, 5.74) is 0. The van der Waals surface area contributed by atoms with Gasteiger partial charge in [-0.05, 0) is 31.7 Å². The summed E-state index contributed by atoms with van der Waals surface area (Å²) >= 11 is 7.25. The summed E-state index contributed by atoms with van der Waals surface area (Å²) < 4.78 is 0. The fourth-order valence-corrected chi connectivity index (χ4v) is 1.62. The van der Waals surface area contributed by atoms with Crippen molar-refractivity contribution in [1.29, 1.82) is 0 Å². The molecule has 0 spiro atoms. The predicted molar refractivity (Wildman–Crippen MR) is 60.2 cm³/mol. The van der Waals surface area contributed by atoms with Crippen LogP contribution in [0.4, 0.5) is 5.95 Å². The standard InChI is InChI=1S/C8H13ClN4S/c1-4-13(5-2)7-10-6(9)11-8(12-7)14-3/h4-5H2,1-3H3. The fourth-order valence-electron chi connectivity index (χ4n) is 1.06. The number of halogens is 1. The van der Waals surface area contributed by atoms with E-state index in [0.717, 1.165) is 13.1 Å².